The Hall–Kier alpha value is -2.33. The molecule has 0 radical (unpaired) electrons. The van der Waals surface area contributed by atoms with Crippen molar-refractivity contribution in [1.82, 2.24) is 5.32 Å². The van der Waals surface area contributed by atoms with Crippen LogP contribution in [0.25, 0.3) is 0 Å². The Labute approximate surface area is 136 Å². The van der Waals surface area contributed by atoms with E-state index in [1.807, 2.05) is 48.5 Å². The van der Waals surface area contributed by atoms with Gasteiger partial charge in [-0.3, -0.25) is 4.79 Å². The van der Waals surface area contributed by atoms with Crippen molar-refractivity contribution in [2.45, 2.75) is 31.3 Å². The van der Waals surface area contributed by atoms with E-state index in [1.165, 1.54) is 5.56 Å². The number of methoxy groups -OCH3 is 1. The zero-order chi connectivity index (χ0) is 16.4. The fourth-order valence-corrected chi connectivity index (χ4v) is 3.19. The highest BCUT2D eigenvalue weighted by atomic mass is 16.5. The Bertz CT molecular complexity index is 711. The van der Waals surface area contributed by atoms with Gasteiger partial charge in [-0.2, -0.15) is 0 Å². The summed E-state index contributed by atoms with van der Waals surface area (Å²) in [7, 11) is 1.67. The Morgan fingerprint density at radius 2 is 1.96 bits per heavy atom. The summed E-state index contributed by atoms with van der Waals surface area (Å²) in [6, 6.07) is 15.4. The standard InChI is InChI=1S/C19H22N2O2/c1-19(20,13-7-4-3-5-8-13)18(22)21-16-12-11-15-14(16)9-6-10-17(15)23-2/h3-10,16H,11-12,20H2,1-2H3,(H,21,22). The van der Waals surface area contributed by atoms with Gasteiger partial charge < -0.3 is 15.8 Å². The largest absolute Gasteiger partial charge is 0.496 e. The minimum absolute atomic E-state index is 0.0146. The highest BCUT2D eigenvalue weighted by molar-refractivity contribution is 5.87. The van der Waals surface area contributed by atoms with Gasteiger partial charge in [-0.05, 0) is 42.5 Å². The second-order valence-corrected chi connectivity index (χ2v) is 6.16. The van der Waals surface area contributed by atoms with Crippen LogP contribution in [0.3, 0.4) is 0 Å². The van der Waals surface area contributed by atoms with E-state index in [9.17, 15) is 4.79 Å². The number of amides is 1. The minimum Gasteiger partial charge on any atom is -0.496 e. The first-order chi connectivity index (χ1) is 11.0. The first-order valence-corrected chi connectivity index (χ1v) is 7.85. The van der Waals surface area contributed by atoms with Gasteiger partial charge in [-0.1, -0.05) is 42.5 Å². The molecule has 4 heteroatoms. The van der Waals surface area contributed by atoms with Gasteiger partial charge in [0.05, 0.1) is 13.2 Å². The quantitative estimate of drug-likeness (QED) is 0.912. The van der Waals surface area contributed by atoms with Crippen molar-refractivity contribution in [1.29, 1.82) is 0 Å². The lowest BCUT2D eigenvalue weighted by atomic mass is 9.91. The van der Waals surface area contributed by atoms with E-state index in [4.69, 9.17) is 10.5 Å². The number of carbonyl (C=O) groups is 1. The van der Waals surface area contributed by atoms with E-state index < -0.39 is 5.54 Å². The van der Waals surface area contributed by atoms with E-state index in [1.54, 1.807) is 14.0 Å². The number of fused-ring (bicyclic) bond motifs is 1. The van der Waals surface area contributed by atoms with Crippen LogP contribution in [-0.2, 0) is 16.8 Å². The van der Waals surface area contributed by atoms with Crippen molar-refractivity contribution in [3.63, 3.8) is 0 Å². The Morgan fingerprint density at radius 3 is 2.65 bits per heavy atom. The normalized spacial score (nSPS) is 18.8. The molecule has 3 rings (SSSR count). The predicted molar refractivity (Wildman–Crippen MR) is 90.2 cm³/mol. The molecule has 1 amide bonds. The molecule has 0 saturated carbocycles. The first kappa shape index (κ1) is 15.6. The van der Waals surface area contributed by atoms with Crippen LogP contribution in [0.1, 0.15) is 36.1 Å². The lowest BCUT2D eigenvalue weighted by molar-refractivity contribution is -0.126. The van der Waals surface area contributed by atoms with Crippen LogP contribution in [0.15, 0.2) is 48.5 Å². The van der Waals surface area contributed by atoms with Crippen LogP contribution in [0.4, 0.5) is 0 Å². The van der Waals surface area contributed by atoms with Crippen molar-refractivity contribution in [2.75, 3.05) is 7.11 Å². The molecule has 120 valence electrons. The maximum absolute atomic E-state index is 12.7. The van der Waals surface area contributed by atoms with Gasteiger partial charge >= 0.3 is 0 Å². The number of carbonyl (C=O) groups excluding carboxylic acids is 1. The van der Waals surface area contributed by atoms with Gasteiger partial charge in [0.25, 0.3) is 0 Å². The summed E-state index contributed by atoms with van der Waals surface area (Å²) in [6.45, 7) is 1.75. The van der Waals surface area contributed by atoms with Gasteiger partial charge in [0.1, 0.15) is 11.3 Å². The van der Waals surface area contributed by atoms with E-state index in [0.717, 1.165) is 29.7 Å². The topological polar surface area (TPSA) is 64.3 Å². The van der Waals surface area contributed by atoms with Crippen molar-refractivity contribution in [2.24, 2.45) is 5.73 Å². The molecule has 4 nitrogen and oxygen atoms in total. The van der Waals surface area contributed by atoms with Crippen molar-refractivity contribution in [3.8, 4) is 5.75 Å². The molecule has 0 spiro atoms. The number of hydrogen-bond acceptors (Lipinski definition) is 3. The third-order valence-electron chi connectivity index (χ3n) is 4.60. The molecule has 2 aromatic carbocycles. The molecule has 0 saturated heterocycles. The molecule has 2 atom stereocenters. The molecule has 1 aliphatic rings. The van der Waals surface area contributed by atoms with Gasteiger partial charge in [0, 0.05) is 0 Å². The number of benzene rings is 2. The number of nitrogens with two attached hydrogens (primary N) is 1. The summed E-state index contributed by atoms with van der Waals surface area (Å²) in [5, 5.41) is 3.11. The highest BCUT2D eigenvalue weighted by Crippen LogP contribution is 2.37. The van der Waals surface area contributed by atoms with Crippen LogP contribution in [0, 0.1) is 0 Å². The molecular weight excluding hydrogens is 288 g/mol. The second kappa shape index (κ2) is 6.05. The number of nitrogens with one attached hydrogen (secondary N) is 1. The molecule has 2 unspecified atom stereocenters. The zero-order valence-corrected chi connectivity index (χ0v) is 13.5. The molecule has 0 aliphatic heterocycles. The molecule has 0 bridgehead atoms. The predicted octanol–water partition coefficient (Wildman–Crippen LogP) is 2.67. The molecule has 23 heavy (non-hydrogen) atoms. The zero-order valence-electron chi connectivity index (χ0n) is 13.5. The fourth-order valence-electron chi connectivity index (χ4n) is 3.19. The summed E-state index contributed by atoms with van der Waals surface area (Å²) in [5.74, 6) is 0.724. The monoisotopic (exact) mass is 310 g/mol. The number of ether oxygens (including phenoxy) is 1. The molecule has 3 N–H and O–H groups in total. The van der Waals surface area contributed by atoms with E-state index in [2.05, 4.69) is 5.32 Å². The van der Waals surface area contributed by atoms with Gasteiger partial charge in [0.15, 0.2) is 0 Å². The van der Waals surface area contributed by atoms with Crippen LogP contribution >= 0.6 is 0 Å². The smallest absolute Gasteiger partial charge is 0.244 e. The maximum Gasteiger partial charge on any atom is 0.244 e. The minimum atomic E-state index is -1.05. The fraction of sp³-hybridized carbons (Fsp3) is 0.316. The summed E-state index contributed by atoms with van der Waals surface area (Å²) in [4.78, 5) is 12.7. The van der Waals surface area contributed by atoms with Crippen LogP contribution in [-0.4, -0.2) is 13.0 Å². The van der Waals surface area contributed by atoms with E-state index in [-0.39, 0.29) is 11.9 Å². The van der Waals surface area contributed by atoms with Gasteiger partial charge in [0.2, 0.25) is 5.91 Å². The third kappa shape index (κ3) is 2.82. The van der Waals surface area contributed by atoms with E-state index >= 15 is 0 Å². The Balaban J connectivity index is 1.81. The van der Waals surface area contributed by atoms with Crippen molar-refractivity contribution >= 4 is 5.91 Å². The lowest BCUT2D eigenvalue weighted by Crippen LogP contribution is -2.49. The summed E-state index contributed by atoms with van der Waals surface area (Å²) >= 11 is 0. The number of rotatable bonds is 4. The SMILES string of the molecule is COc1cccc2c1CCC2NC(=O)C(C)(N)c1ccccc1. The third-order valence-corrected chi connectivity index (χ3v) is 4.60. The van der Waals surface area contributed by atoms with E-state index in [0.29, 0.717) is 0 Å². The number of hydrogen-bond donors (Lipinski definition) is 2. The molecule has 0 aromatic heterocycles. The van der Waals surface area contributed by atoms with Crippen LogP contribution < -0.4 is 15.8 Å². The van der Waals surface area contributed by atoms with Gasteiger partial charge in [-0.25, -0.2) is 0 Å². The van der Waals surface area contributed by atoms with Crippen molar-refractivity contribution in [3.05, 3.63) is 65.2 Å². The highest BCUT2D eigenvalue weighted by Gasteiger charge is 2.34. The average Bonchev–Trinajstić information content (AvgIpc) is 2.98. The van der Waals surface area contributed by atoms with Crippen LogP contribution in [0.2, 0.25) is 0 Å². The average molecular weight is 310 g/mol. The molecular formula is C19H22N2O2. The van der Waals surface area contributed by atoms with Crippen LogP contribution in [0.5, 0.6) is 5.75 Å². The summed E-state index contributed by atoms with van der Waals surface area (Å²) in [6.07, 6.45) is 1.77. The van der Waals surface area contributed by atoms with Gasteiger partial charge in [-0.15, -0.1) is 0 Å². The Kier molecular flexibility index (Phi) is 4.09. The summed E-state index contributed by atoms with van der Waals surface area (Å²) in [5.41, 5.74) is 8.36. The second-order valence-electron chi connectivity index (χ2n) is 6.16. The maximum atomic E-state index is 12.7. The molecule has 0 fully saturated rings. The summed E-state index contributed by atoms with van der Waals surface area (Å²) < 4.78 is 5.41. The molecule has 1 aliphatic carbocycles. The molecule has 2 aromatic rings. The van der Waals surface area contributed by atoms with Crippen molar-refractivity contribution < 1.29 is 9.53 Å². The Morgan fingerprint density at radius 1 is 1.22 bits per heavy atom. The first-order valence-electron chi connectivity index (χ1n) is 7.85. The lowest BCUT2D eigenvalue weighted by Gasteiger charge is -2.26. The molecule has 0 heterocycles.